The lowest BCUT2D eigenvalue weighted by atomic mass is 9.81. The molecule has 1 aliphatic carbocycles. The Bertz CT molecular complexity index is 753. The van der Waals surface area contributed by atoms with Crippen molar-refractivity contribution in [1.29, 1.82) is 0 Å². The molecule has 2 aromatic heterocycles. The van der Waals surface area contributed by atoms with Gasteiger partial charge in [-0.05, 0) is 25.3 Å². The van der Waals surface area contributed by atoms with Gasteiger partial charge in [-0.3, -0.25) is 9.78 Å². The summed E-state index contributed by atoms with van der Waals surface area (Å²) in [5.41, 5.74) is 2.10. The molecular weight excluding hydrogens is 285 g/mol. The lowest BCUT2D eigenvalue weighted by Crippen LogP contribution is -2.30. The van der Waals surface area contributed by atoms with Crippen molar-refractivity contribution in [2.24, 2.45) is 0 Å². The van der Waals surface area contributed by atoms with E-state index >= 15 is 0 Å². The minimum atomic E-state index is -1.62. The fourth-order valence-corrected chi connectivity index (χ4v) is 2.95. The largest absolute Gasteiger partial charge is 0.490 e. The van der Waals surface area contributed by atoms with E-state index in [2.05, 4.69) is 10.1 Å². The van der Waals surface area contributed by atoms with Crippen LogP contribution in [-0.2, 0) is 4.74 Å². The Morgan fingerprint density at radius 1 is 1.27 bits per heavy atom. The zero-order chi connectivity index (χ0) is 15.3. The molecule has 0 aromatic carbocycles. The summed E-state index contributed by atoms with van der Waals surface area (Å²) >= 11 is 0. The summed E-state index contributed by atoms with van der Waals surface area (Å²) < 4.78 is 7.37. The van der Waals surface area contributed by atoms with E-state index in [1.54, 1.807) is 16.9 Å². The summed E-state index contributed by atoms with van der Waals surface area (Å²) in [7, 11) is -1.62. The van der Waals surface area contributed by atoms with Gasteiger partial charge in [0, 0.05) is 30.0 Å². The molecule has 0 bridgehead atoms. The highest BCUT2D eigenvalue weighted by atomic mass is 16.5. The maximum absolute atomic E-state index is 12.4. The standard InChI is InChI=1S/C14H14BN3O4/c19-14-10-7-18(11-3-1-2-4-22-11)17-12(10)9-5-8(15(20)21)6-16-13(9)14/h5-7,11,20-21H,1-4H2. The number of rotatable bonds is 2. The molecule has 7 nitrogen and oxygen atoms in total. The highest BCUT2D eigenvalue weighted by Gasteiger charge is 2.34. The number of nitrogens with zero attached hydrogens (tertiary/aromatic N) is 3. The summed E-state index contributed by atoms with van der Waals surface area (Å²) in [6, 6.07) is 1.55. The maximum atomic E-state index is 12.4. The first-order valence-corrected chi connectivity index (χ1v) is 7.27. The third-order valence-corrected chi connectivity index (χ3v) is 4.10. The third kappa shape index (κ3) is 1.99. The van der Waals surface area contributed by atoms with Crippen molar-refractivity contribution >= 4 is 18.4 Å². The molecule has 1 saturated heterocycles. The number of hydrogen-bond donors (Lipinski definition) is 2. The van der Waals surface area contributed by atoms with Crippen LogP contribution in [0.1, 0.15) is 41.5 Å². The van der Waals surface area contributed by atoms with Gasteiger partial charge in [-0.15, -0.1) is 0 Å². The Labute approximate surface area is 126 Å². The molecule has 1 atom stereocenters. The molecule has 1 aliphatic heterocycles. The molecule has 2 aliphatic rings. The second kappa shape index (κ2) is 5.01. The van der Waals surface area contributed by atoms with Crippen LogP contribution in [0.15, 0.2) is 18.5 Å². The van der Waals surface area contributed by atoms with Gasteiger partial charge < -0.3 is 14.8 Å². The van der Waals surface area contributed by atoms with E-state index in [0.717, 1.165) is 19.3 Å². The molecule has 22 heavy (non-hydrogen) atoms. The van der Waals surface area contributed by atoms with Crippen LogP contribution >= 0.6 is 0 Å². The Hall–Kier alpha value is -2.03. The number of carbonyl (C=O) groups excluding carboxylic acids is 1. The van der Waals surface area contributed by atoms with Crippen molar-refractivity contribution < 1.29 is 19.6 Å². The molecule has 0 spiro atoms. The Morgan fingerprint density at radius 3 is 2.86 bits per heavy atom. The maximum Gasteiger partial charge on any atom is 0.490 e. The molecule has 0 amide bonds. The summed E-state index contributed by atoms with van der Waals surface area (Å²) in [6.07, 6.45) is 5.84. The van der Waals surface area contributed by atoms with Crippen LogP contribution in [0.25, 0.3) is 11.3 Å². The van der Waals surface area contributed by atoms with Crippen LogP contribution < -0.4 is 5.46 Å². The molecule has 0 radical (unpaired) electrons. The smallest absolute Gasteiger partial charge is 0.423 e. The van der Waals surface area contributed by atoms with Gasteiger partial charge in [0.05, 0.1) is 5.56 Å². The normalized spacial score (nSPS) is 19.9. The number of hydrogen-bond acceptors (Lipinski definition) is 6. The van der Waals surface area contributed by atoms with E-state index in [1.165, 1.54) is 6.20 Å². The molecule has 2 aromatic rings. The molecule has 0 saturated carbocycles. The number of aromatic nitrogens is 3. The van der Waals surface area contributed by atoms with Crippen molar-refractivity contribution in [1.82, 2.24) is 14.8 Å². The van der Waals surface area contributed by atoms with Crippen LogP contribution in [0.5, 0.6) is 0 Å². The minimum absolute atomic E-state index is 0.143. The monoisotopic (exact) mass is 299 g/mol. The highest BCUT2D eigenvalue weighted by molar-refractivity contribution is 6.58. The van der Waals surface area contributed by atoms with Crippen molar-refractivity contribution in [2.75, 3.05) is 6.61 Å². The number of fused-ring (bicyclic) bond motifs is 3. The first-order valence-electron chi connectivity index (χ1n) is 7.27. The average molecular weight is 299 g/mol. The third-order valence-electron chi connectivity index (χ3n) is 4.10. The highest BCUT2D eigenvalue weighted by Crippen LogP contribution is 2.35. The average Bonchev–Trinajstić information content (AvgIpc) is 3.08. The van der Waals surface area contributed by atoms with Gasteiger partial charge in [0.15, 0.2) is 0 Å². The SMILES string of the molecule is O=C1c2cn(C3CCCCO3)nc2-c2cc(B(O)O)cnc21. The predicted molar refractivity (Wildman–Crippen MR) is 77.6 cm³/mol. The lowest BCUT2D eigenvalue weighted by molar-refractivity contribution is -0.0393. The van der Waals surface area contributed by atoms with E-state index in [9.17, 15) is 14.8 Å². The van der Waals surface area contributed by atoms with E-state index in [4.69, 9.17) is 4.74 Å². The van der Waals surface area contributed by atoms with Crippen molar-refractivity contribution in [2.45, 2.75) is 25.5 Å². The Balaban J connectivity index is 1.77. The molecule has 112 valence electrons. The van der Waals surface area contributed by atoms with Gasteiger partial charge in [0.25, 0.3) is 0 Å². The van der Waals surface area contributed by atoms with Crippen molar-refractivity contribution in [3.8, 4) is 11.3 Å². The van der Waals surface area contributed by atoms with Crippen LogP contribution in [0.3, 0.4) is 0 Å². The topological polar surface area (TPSA) is 97.5 Å². The fraction of sp³-hybridized carbons (Fsp3) is 0.357. The van der Waals surface area contributed by atoms with Crippen molar-refractivity contribution in [3.63, 3.8) is 0 Å². The van der Waals surface area contributed by atoms with E-state index in [0.29, 0.717) is 29.1 Å². The van der Waals surface area contributed by atoms with Gasteiger partial charge in [-0.1, -0.05) is 0 Å². The summed E-state index contributed by atoms with van der Waals surface area (Å²) in [4.78, 5) is 16.4. The number of carbonyl (C=O) groups is 1. The summed E-state index contributed by atoms with van der Waals surface area (Å²) in [5.74, 6) is -0.189. The molecule has 4 rings (SSSR count). The minimum Gasteiger partial charge on any atom is -0.423 e. The van der Waals surface area contributed by atoms with Gasteiger partial charge in [0.1, 0.15) is 17.6 Å². The van der Waals surface area contributed by atoms with Gasteiger partial charge in [0.2, 0.25) is 5.78 Å². The van der Waals surface area contributed by atoms with Crippen LogP contribution in [0.4, 0.5) is 0 Å². The van der Waals surface area contributed by atoms with Gasteiger partial charge in [-0.2, -0.15) is 5.10 Å². The zero-order valence-electron chi connectivity index (χ0n) is 11.8. The first-order chi connectivity index (χ1) is 10.6. The van der Waals surface area contributed by atoms with E-state index in [1.807, 2.05) is 0 Å². The van der Waals surface area contributed by atoms with Crippen LogP contribution in [0.2, 0.25) is 0 Å². The summed E-state index contributed by atoms with van der Waals surface area (Å²) in [5, 5.41) is 23.0. The second-order valence-electron chi connectivity index (χ2n) is 5.56. The number of ether oxygens (including phenoxy) is 1. The molecular formula is C14H14BN3O4. The molecule has 8 heteroatoms. The zero-order valence-corrected chi connectivity index (χ0v) is 11.8. The Morgan fingerprint density at radius 2 is 2.14 bits per heavy atom. The summed E-state index contributed by atoms with van der Waals surface area (Å²) in [6.45, 7) is 0.697. The quantitative estimate of drug-likeness (QED) is 0.640. The van der Waals surface area contributed by atoms with Gasteiger partial charge in [-0.25, -0.2) is 4.68 Å². The molecule has 2 N–H and O–H groups in total. The molecule has 3 heterocycles. The van der Waals surface area contributed by atoms with Crippen molar-refractivity contribution in [3.05, 3.63) is 29.7 Å². The van der Waals surface area contributed by atoms with E-state index < -0.39 is 7.12 Å². The number of pyridine rings is 1. The van der Waals surface area contributed by atoms with E-state index in [-0.39, 0.29) is 17.5 Å². The van der Waals surface area contributed by atoms with Crippen LogP contribution in [0, 0.1) is 0 Å². The number of ketones is 1. The molecule has 1 fully saturated rings. The van der Waals surface area contributed by atoms with Crippen LogP contribution in [-0.4, -0.2) is 44.3 Å². The Kier molecular flexibility index (Phi) is 3.10. The fourth-order valence-electron chi connectivity index (χ4n) is 2.95. The predicted octanol–water partition coefficient (Wildman–Crippen LogP) is -0.132. The lowest BCUT2D eigenvalue weighted by Gasteiger charge is -2.22. The first kappa shape index (κ1) is 13.6. The van der Waals surface area contributed by atoms with Gasteiger partial charge >= 0.3 is 7.12 Å². The second-order valence-corrected chi connectivity index (χ2v) is 5.56. The molecule has 1 unspecified atom stereocenters.